The highest BCUT2D eigenvalue weighted by Gasteiger charge is 2.32. The van der Waals surface area contributed by atoms with E-state index in [0.29, 0.717) is 10.6 Å². The first-order valence-electron chi connectivity index (χ1n) is 11.6. The number of halogens is 1. The molecule has 0 spiro atoms. The number of aryl methyl sites for hydroxylation is 2. The van der Waals surface area contributed by atoms with E-state index in [9.17, 15) is 4.79 Å². The van der Waals surface area contributed by atoms with Gasteiger partial charge in [0.2, 0.25) is 0 Å². The van der Waals surface area contributed by atoms with Gasteiger partial charge in [-0.3, -0.25) is 9.78 Å². The number of benzene rings is 3. The van der Waals surface area contributed by atoms with Crippen molar-refractivity contribution in [1.82, 2.24) is 4.98 Å². The van der Waals surface area contributed by atoms with Crippen LogP contribution < -0.4 is 5.32 Å². The summed E-state index contributed by atoms with van der Waals surface area (Å²) in [5, 5.41) is 5.25. The van der Waals surface area contributed by atoms with Gasteiger partial charge in [-0.1, -0.05) is 49.2 Å². The predicted octanol–water partition coefficient (Wildman–Crippen LogP) is 8.15. The zero-order valence-corrected chi connectivity index (χ0v) is 19.7. The van der Waals surface area contributed by atoms with Crippen molar-refractivity contribution in [2.75, 3.05) is 5.32 Å². The third kappa shape index (κ3) is 4.65. The van der Waals surface area contributed by atoms with Crippen molar-refractivity contribution >= 4 is 39.7 Å². The van der Waals surface area contributed by atoms with Gasteiger partial charge in [-0.2, -0.15) is 0 Å². The molecule has 0 aliphatic heterocycles. The summed E-state index contributed by atoms with van der Waals surface area (Å²) in [6, 6.07) is 20.7. The number of hydrogen-bond donors (Lipinski definition) is 1. The molecule has 33 heavy (non-hydrogen) atoms. The largest absolute Gasteiger partial charge is 0.354 e. The van der Waals surface area contributed by atoms with Crippen molar-refractivity contribution in [1.29, 1.82) is 0 Å². The van der Waals surface area contributed by atoms with E-state index in [4.69, 9.17) is 11.6 Å². The highest BCUT2D eigenvalue weighted by atomic mass is 35.5. The normalized spacial score (nSPS) is 13.3. The third-order valence-corrected chi connectivity index (χ3v) is 6.41. The molecule has 166 valence electrons. The van der Waals surface area contributed by atoms with Crippen LogP contribution in [0.4, 0.5) is 11.4 Å². The van der Waals surface area contributed by atoms with E-state index in [2.05, 4.69) is 59.7 Å². The van der Waals surface area contributed by atoms with E-state index >= 15 is 0 Å². The highest BCUT2D eigenvalue weighted by molar-refractivity contribution is 6.31. The second kappa shape index (κ2) is 8.99. The molecule has 0 atom stereocenters. The topological polar surface area (TPSA) is 42.0 Å². The van der Waals surface area contributed by atoms with E-state index in [1.165, 1.54) is 5.56 Å². The van der Waals surface area contributed by atoms with Gasteiger partial charge >= 0.3 is 0 Å². The number of carbonyl (C=O) groups excluding carboxylic acids is 1. The number of ketones is 1. The number of carbonyl (C=O) groups is 1. The zero-order valence-electron chi connectivity index (χ0n) is 19.0. The predicted molar refractivity (Wildman–Crippen MR) is 138 cm³/mol. The molecule has 3 nitrogen and oxygen atoms in total. The number of nitrogens with one attached hydrogen (secondary N) is 1. The lowest BCUT2D eigenvalue weighted by molar-refractivity contribution is 0.0968. The summed E-state index contributed by atoms with van der Waals surface area (Å²) in [5.41, 5.74) is 7.85. The minimum atomic E-state index is 0.120. The number of rotatable bonds is 7. The fraction of sp³-hybridized carbons (Fsp3) is 0.241. The Morgan fingerprint density at radius 3 is 2.67 bits per heavy atom. The van der Waals surface area contributed by atoms with Gasteiger partial charge in [0.05, 0.1) is 16.8 Å². The van der Waals surface area contributed by atoms with Gasteiger partial charge in [-0.25, -0.2) is 0 Å². The van der Waals surface area contributed by atoms with Crippen molar-refractivity contribution in [3.05, 3.63) is 88.6 Å². The zero-order chi connectivity index (χ0) is 22.9. The molecule has 1 fully saturated rings. The monoisotopic (exact) mass is 454 g/mol. The Labute approximate surface area is 199 Å². The van der Waals surface area contributed by atoms with E-state index in [0.717, 1.165) is 64.7 Å². The summed E-state index contributed by atoms with van der Waals surface area (Å²) < 4.78 is 0. The van der Waals surface area contributed by atoms with Crippen LogP contribution >= 0.6 is 11.6 Å². The Hall–Kier alpha value is -3.17. The average Bonchev–Trinajstić information content (AvgIpc) is 3.64. The smallest absolute Gasteiger partial charge is 0.169 e. The quantitative estimate of drug-likeness (QED) is 0.286. The molecule has 0 bridgehead atoms. The second-order valence-electron chi connectivity index (χ2n) is 9.01. The molecule has 0 radical (unpaired) electrons. The molecule has 4 aromatic rings. The number of Topliss-reactive ketones (excluding diaryl/α,β-unsaturated/α-hetero) is 1. The summed E-state index contributed by atoms with van der Waals surface area (Å²) >= 11 is 6.34. The van der Waals surface area contributed by atoms with Crippen LogP contribution in [-0.2, 0) is 6.42 Å². The highest BCUT2D eigenvalue weighted by Crippen LogP contribution is 2.39. The maximum Gasteiger partial charge on any atom is 0.169 e. The molecule has 0 saturated heterocycles. The molecular formula is C29H27ClN2O. The fourth-order valence-corrected chi connectivity index (χ4v) is 4.69. The van der Waals surface area contributed by atoms with Crippen LogP contribution in [0.25, 0.3) is 22.0 Å². The minimum Gasteiger partial charge on any atom is -0.354 e. The minimum absolute atomic E-state index is 0.120. The summed E-state index contributed by atoms with van der Waals surface area (Å²) in [4.78, 5) is 17.8. The van der Waals surface area contributed by atoms with Gasteiger partial charge < -0.3 is 5.32 Å². The standard InChI is InChI=1S/C29H27ClN2O/c1-3-5-19-6-4-7-24(14-19)32-28-25-16-21(22-12-18(2)13-23(30)15-22)10-11-27(25)31-17-26(28)29(33)20-8-9-20/h4,6-7,10-17,20H,3,5,8-9H2,1-2H3,(H,31,32). The molecule has 3 aromatic carbocycles. The van der Waals surface area contributed by atoms with Crippen molar-refractivity contribution in [3.8, 4) is 11.1 Å². The first-order valence-corrected chi connectivity index (χ1v) is 12.0. The second-order valence-corrected chi connectivity index (χ2v) is 9.45. The van der Waals surface area contributed by atoms with Crippen LogP contribution in [0.15, 0.2) is 66.9 Å². The van der Waals surface area contributed by atoms with Crippen molar-refractivity contribution in [2.24, 2.45) is 5.92 Å². The molecule has 4 heteroatoms. The molecule has 1 N–H and O–H groups in total. The first-order chi connectivity index (χ1) is 16.0. The molecular weight excluding hydrogens is 428 g/mol. The van der Waals surface area contributed by atoms with E-state index < -0.39 is 0 Å². The fourth-order valence-electron chi connectivity index (χ4n) is 4.40. The summed E-state index contributed by atoms with van der Waals surface area (Å²) in [5.74, 6) is 0.301. The Bertz CT molecular complexity index is 1340. The molecule has 1 heterocycles. The first kappa shape index (κ1) is 21.7. The van der Waals surface area contributed by atoms with E-state index in [-0.39, 0.29) is 11.7 Å². The van der Waals surface area contributed by atoms with Crippen molar-refractivity contribution in [2.45, 2.75) is 39.5 Å². The molecule has 0 unspecified atom stereocenters. The van der Waals surface area contributed by atoms with Gasteiger partial charge in [0, 0.05) is 28.2 Å². The Kier molecular flexibility index (Phi) is 5.90. The maximum atomic E-state index is 13.2. The Morgan fingerprint density at radius 1 is 1.06 bits per heavy atom. The number of pyridine rings is 1. The lowest BCUT2D eigenvalue weighted by Crippen LogP contribution is -2.07. The third-order valence-electron chi connectivity index (χ3n) is 6.19. The summed E-state index contributed by atoms with van der Waals surface area (Å²) in [6.07, 6.45) is 5.78. The van der Waals surface area contributed by atoms with Crippen molar-refractivity contribution < 1.29 is 4.79 Å². The molecule has 1 saturated carbocycles. The van der Waals surface area contributed by atoms with Gasteiger partial charge in [-0.15, -0.1) is 0 Å². The number of anilines is 2. The summed E-state index contributed by atoms with van der Waals surface area (Å²) in [7, 11) is 0. The van der Waals surface area contributed by atoms with Crippen LogP contribution in [0.3, 0.4) is 0 Å². The van der Waals surface area contributed by atoms with Crippen LogP contribution in [0.1, 0.15) is 47.7 Å². The number of hydrogen-bond acceptors (Lipinski definition) is 3. The van der Waals surface area contributed by atoms with E-state index in [1.54, 1.807) is 6.20 Å². The molecule has 0 amide bonds. The van der Waals surface area contributed by atoms with Gasteiger partial charge in [0.15, 0.2) is 5.78 Å². The summed E-state index contributed by atoms with van der Waals surface area (Å²) in [6.45, 7) is 4.22. The Morgan fingerprint density at radius 2 is 1.91 bits per heavy atom. The van der Waals surface area contributed by atoms with Crippen LogP contribution in [-0.4, -0.2) is 10.8 Å². The molecule has 5 rings (SSSR count). The van der Waals surface area contributed by atoms with Crippen molar-refractivity contribution in [3.63, 3.8) is 0 Å². The van der Waals surface area contributed by atoms with Gasteiger partial charge in [0.25, 0.3) is 0 Å². The maximum absolute atomic E-state index is 13.2. The SMILES string of the molecule is CCCc1cccc(Nc2c(C(=O)C3CC3)cnc3ccc(-c4cc(C)cc(Cl)c4)cc23)c1. The number of nitrogens with zero attached hydrogens (tertiary/aromatic N) is 1. The number of aromatic nitrogens is 1. The lowest BCUT2D eigenvalue weighted by atomic mass is 9.98. The van der Waals surface area contributed by atoms with E-state index in [1.807, 2.05) is 25.1 Å². The lowest BCUT2D eigenvalue weighted by Gasteiger charge is -2.16. The van der Waals surface area contributed by atoms with Gasteiger partial charge in [-0.05, 0) is 84.8 Å². The van der Waals surface area contributed by atoms with Crippen LogP contribution in [0.2, 0.25) is 5.02 Å². The Balaban J connectivity index is 1.66. The molecule has 1 aliphatic carbocycles. The van der Waals surface area contributed by atoms with Gasteiger partial charge in [0.1, 0.15) is 0 Å². The van der Waals surface area contributed by atoms with Crippen LogP contribution in [0, 0.1) is 12.8 Å². The molecule has 1 aromatic heterocycles. The van der Waals surface area contributed by atoms with Crippen LogP contribution in [0.5, 0.6) is 0 Å². The molecule has 1 aliphatic rings. The average molecular weight is 455 g/mol. The number of fused-ring (bicyclic) bond motifs is 1.